The molecule has 0 amide bonds. The van der Waals surface area contributed by atoms with Crippen molar-refractivity contribution in [2.75, 3.05) is 6.61 Å². The van der Waals surface area contributed by atoms with E-state index in [2.05, 4.69) is 6.58 Å². The Morgan fingerprint density at radius 3 is 3.06 bits per heavy atom. The minimum atomic E-state index is -0.532. The molecule has 16 heavy (non-hydrogen) atoms. The third-order valence-electron chi connectivity index (χ3n) is 3.70. The van der Waals surface area contributed by atoms with Crippen molar-refractivity contribution in [1.82, 2.24) is 0 Å². The first-order valence-corrected chi connectivity index (χ1v) is 5.59. The average molecular weight is 224 g/mol. The third-order valence-corrected chi connectivity index (χ3v) is 3.70. The zero-order chi connectivity index (χ0) is 11.8. The van der Waals surface area contributed by atoms with E-state index in [1.54, 1.807) is 0 Å². The standard InChI is InChI=1S/C12H16O4/c1-3-10(13)16-12(2)6-4-8-9(12)5-7-15-11(8)14/h3,8-9H,1,4-7H2,2H3. The Balaban J connectivity index is 2.14. The van der Waals surface area contributed by atoms with Crippen LogP contribution in [-0.2, 0) is 19.1 Å². The molecule has 2 rings (SSSR count). The summed E-state index contributed by atoms with van der Waals surface area (Å²) in [6.07, 6.45) is 3.40. The maximum atomic E-state index is 11.5. The fraction of sp³-hybridized carbons (Fsp3) is 0.667. The molecule has 0 radical (unpaired) electrons. The second-order valence-corrected chi connectivity index (χ2v) is 4.65. The van der Waals surface area contributed by atoms with Crippen LogP contribution in [0.4, 0.5) is 0 Å². The van der Waals surface area contributed by atoms with Crippen molar-refractivity contribution < 1.29 is 19.1 Å². The second-order valence-electron chi connectivity index (χ2n) is 4.65. The summed E-state index contributed by atoms with van der Waals surface area (Å²) in [4.78, 5) is 22.8. The Kier molecular flexibility index (Phi) is 2.74. The molecular weight excluding hydrogens is 208 g/mol. The van der Waals surface area contributed by atoms with Gasteiger partial charge in [-0.15, -0.1) is 0 Å². The molecule has 0 aromatic carbocycles. The summed E-state index contributed by atoms with van der Waals surface area (Å²) in [5, 5.41) is 0. The molecule has 0 spiro atoms. The van der Waals surface area contributed by atoms with Crippen LogP contribution in [0.5, 0.6) is 0 Å². The fourth-order valence-corrected chi connectivity index (χ4v) is 2.83. The lowest BCUT2D eigenvalue weighted by Gasteiger charge is -2.35. The minimum Gasteiger partial charge on any atom is -0.465 e. The first-order valence-electron chi connectivity index (χ1n) is 5.59. The number of carbonyl (C=O) groups is 2. The monoisotopic (exact) mass is 224 g/mol. The number of cyclic esters (lactones) is 1. The lowest BCUT2D eigenvalue weighted by atomic mass is 9.83. The maximum absolute atomic E-state index is 11.5. The lowest BCUT2D eigenvalue weighted by molar-refractivity contribution is -0.169. The molecule has 88 valence electrons. The highest BCUT2D eigenvalue weighted by Gasteiger charge is 2.52. The predicted molar refractivity (Wildman–Crippen MR) is 56.5 cm³/mol. The Morgan fingerprint density at radius 1 is 1.62 bits per heavy atom. The average Bonchev–Trinajstić information content (AvgIpc) is 2.58. The molecule has 3 atom stereocenters. The number of carbonyl (C=O) groups excluding carboxylic acids is 2. The van der Waals surface area contributed by atoms with Gasteiger partial charge in [0.15, 0.2) is 0 Å². The van der Waals surface area contributed by atoms with Gasteiger partial charge in [-0.3, -0.25) is 4.79 Å². The number of esters is 2. The van der Waals surface area contributed by atoms with Crippen molar-refractivity contribution in [3.63, 3.8) is 0 Å². The highest BCUT2D eigenvalue weighted by molar-refractivity contribution is 5.82. The van der Waals surface area contributed by atoms with Gasteiger partial charge >= 0.3 is 11.9 Å². The van der Waals surface area contributed by atoms with Crippen molar-refractivity contribution in [1.29, 1.82) is 0 Å². The second kappa shape index (κ2) is 3.92. The largest absolute Gasteiger partial charge is 0.465 e. The molecule has 4 nitrogen and oxygen atoms in total. The van der Waals surface area contributed by atoms with Gasteiger partial charge < -0.3 is 9.47 Å². The van der Waals surface area contributed by atoms with Gasteiger partial charge in [0, 0.05) is 12.0 Å². The highest BCUT2D eigenvalue weighted by Crippen LogP contribution is 2.47. The van der Waals surface area contributed by atoms with Gasteiger partial charge in [0.05, 0.1) is 12.5 Å². The third kappa shape index (κ3) is 1.72. The summed E-state index contributed by atoms with van der Waals surface area (Å²) in [7, 11) is 0. The molecule has 1 saturated carbocycles. The van der Waals surface area contributed by atoms with E-state index in [1.807, 2.05) is 6.92 Å². The molecule has 4 heteroatoms. The van der Waals surface area contributed by atoms with Crippen LogP contribution >= 0.6 is 0 Å². The highest BCUT2D eigenvalue weighted by atomic mass is 16.6. The van der Waals surface area contributed by atoms with Gasteiger partial charge in [-0.25, -0.2) is 4.79 Å². The van der Waals surface area contributed by atoms with E-state index in [1.165, 1.54) is 6.08 Å². The normalized spacial score (nSPS) is 37.4. The Morgan fingerprint density at radius 2 is 2.38 bits per heavy atom. The van der Waals surface area contributed by atoms with Crippen LogP contribution in [0.2, 0.25) is 0 Å². The van der Waals surface area contributed by atoms with Crippen molar-refractivity contribution >= 4 is 11.9 Å². The molecule has 3 unspecified atom stereocenters. The van der Waals surface area contributed by atoms with E-state index in [4.69, 9.17) is 9.47 Å². The Labute approximate surface area is 94.6 Å². The van der Waals surface area contributed by atoms with Crippen LogP contribution in [0.15, 0.2) is 12.7 Å². The summed E-state index contributed by atoms with van der Waals surface area (Å²) in [5.74, 6) is -0.564. The summed E-state index contributed by atoms with van der Waals surface area (Å²) >= 11 is 0. The summed E-state index contributed by atoms with van der Waals surface area (Å²) < 4.78 is 10.4. The molecule has 2 fully saturated rings. The molecule has 0 aromatic rings. The molecule has 1 heterocycles. The lowest BCUT2D eigenvalue weighted by Crippen LogP contribution is -2.42. The van der Waals surface area contributed by atoms with Crippen LogP contribution in [0, 0.1) is 11.8 Å². The van der Waals surface area contributed by atoms with Gasteiger partial charge in [0.25, 0.3) is 0 Å². The van der Waals surface area contributed by atoms with E-state index in [0.717, 1.165) is 19.3 Å². The van der Waals surface area contributed by atoms with E-state index >= 15 is 0 Å². The first kappa shape index (κ1) is 11.2. The minimum absolute atomic E-state index is 0.0950. The summed E-state index contributed by atoms with van der Waals surface area (Å²) in [6.45, 7) is 5.72. The SMILES string of the molecule is C=CC(=O)OC1(C)CCC2C(=O)OCCC21. The number of hydrogen-bond donors (Lipinski definition) is 0. The molecule has 0 N–H and O–H groups in total. The van der Waals surface area contributed by atoms with Crippen LogP contribution in [-0.4, -0.2) is 24.1 Å². The van der Waals surface area contributed by atoms with Gasteiger partial charge in [-0.1, -0.05) is 6.58 Å². The van der Waals surface area contributed by atoms with E-state index in [-0.39, 0.29) is 17.8 Å². The smallest absolute Gasteiger partial charge is 0.330 e. The Bertz CT molecular complexity index is 336. The van der Waals surface area contributed by atoms with Crippen LogP contribution in [0.3, 0.4) is 0 Å². The van der Waals surface area contributed by atoms with Gasteiger partial charge in [-0.2, -0.15) is 0 Å². The van der Waals surface area contributed by atoms with Crippen molar-refractivity contribution in [3.05, 3.63) is 12.7 Å². The Hall–Kier alpha value is -1.32. The van der Waals surface area contributed by atoms with Crippen molar-refractivity contribution in [2.45, 2.75) is 31.8 Å². The quantitative estimate of drug-likeness (QED) is 0.526. The number of rotatable bonds is 2. The molecular formula is C12H16O4. The van der Waals surface area contributed by atoms with Gasteiger partial charge in [-0.05, 0) is 26.2 Å². The van der Waals surface area contributed by atoms with Crippen molar-refractivity contribution in [2.24, 2.45) is 11.8 Å². The topological polar surface area (TPSA) is 52.6 Å². The van der Waals surface area contributed by atoms with Crippen molar-refractivity contribution in [3.8, 4) is 0 Å². The number of ether oxygens (including phenoxy) is 2. The van der Waals surface area contributed by atoms with Gasteiger partial charge in [0.1, 0.15) is 5.60 Å². The predicted octanol–water partition coefficient (Wildman–Crippen LogP) is 1.45. The molecule has 1 aliphatic carbocycles. The molecule has 1 aliphatic heterocycles. The van der Waals surface area contributed by atoms with Crippen LogP contribution in [0.25, 0.3) is 0 Å². The first-order chi connectivity index (χ1) is 7.57. The fourth-order valence-electron chi connectivity index (χ4n) is 2.83. The summed E-state index contributed by atoms with van der Waals surface area (Å²) in [5.41, 5.74) is -0.532. The molecule has 0 bridgehead atoms. The zero-order valence-electron chi connectivity index (χ0n) is 9.40. The maximum Gasteiger partial charge on any atom is 0.330 e. The molecule has 2 aliphatic rings. The van der Waals surface area contributed by atoms with E-state index in [9.17, 15) is 9.59 Å². The molecule has 0 aromatic heterocycles. The summed E-state index contributed by atoms with van der Waals surface area (Å²) in [6, 6.07) is 0. The zero-order valence-corrected chi connectivity index (χ0v) is 9.40. The number of hydrogen-bond acceptors (Lipinski definition) is 4. The van der Waals surface area contributed by atoms with Crippen LogP contribution in [0.1, 0.15) is 26.2 Å². The molecule has 1 saturated heterocycles. The van der Waals surface area contributed by atoms with E-state index < -0.39 is 11.6 Å². The number of fused-ring (bicyclic) bond motifs is 1. The van der Waals surface area contributed by atoms with E-state index in [0.29, 0.717) is 6.61 Å². The van der Waals surface area contributed by atoms with Crippen LogP contribution < -0.4 is 0 Å². The van der Waals surface area contributed by atoms with Gasteiger partial charge in [0.2, 0.25) is 0 Å².